The molecule has 6 atom stereocenters. The normalized spacial score (nSPS) is 17.3. The molecule has 0 bridgehead atoms. The van der Waals surface area contributed by atoms with Gasteiger partial charge in [0.15, 0.2) is 5.92 Å². The number of ether oxygens (including phenoxy) is 4. The summed E-state index contributed by atoms with van der Waals surface area (Å²) >= 11 is 2.41. The van der Waals surface area contributed by atoms with Gasteiger partial charge in [-0.15, -0.1) is 0 Å². The van der Waals surface area contributed by atoms with Gasteiger partial charge in [0, 0.05) is 48.4 Å². The van der Waals surface area contributed by atoms with E-state index >= 15 is 0 Å². The van der Waals surface area contributed by atoms with Crippen LogP contribution in [0.3, 0.4) is 0 Å². The van der Waals surface area contributed by atoms with Crippen molar-refractivity contribution in [3.05, 3.63) is 82.1 Å². The third kappa shape index (κ3) is 50.8. The van der Waals surface area contributed by atoms with Gasteiger partial charge in [-0.2, -0.15) is 93.3 Å². The molecule has 2 aromatic rings. The van der Waals surface area contributed by atoms with Crippen LogP contribution in [0.1, 0.15) is 188 Å². The van der Waals surface area contributed by atoms with Crippen molar-refractivity contribution in [2.75, 3.05) is 104 Å². The lowest BCUT2D eigenvalue weighted by Crippen LogP contribution is -2.75. The highest BCUT2D eigenvalue weighted by atomic mass is 32.2. The first kappa shape index (κ1) is 136. The molecule has 38 nitrogen and oxygen atoms in total. The fourth-order valence-electron chi connectivity index (χ4n) is 12.5. The van der Waals surface area contributed by atoms with Crippen LogP contribution in [0.15, 0.2) is 65.4 Å². The Balaban J connectivity index is -0.00000161. The third-order valence-corrected chi connectivity index (χ3v) is 22.3. The average Bonchev–Trinajstić information content (AvgIpc) is 0.834. The molecular formula is C87H120F16N2O36S2. The Morgan fingerprint density at radius 2 is 0.699 bits per heavy atom. The second-order valence-electron chi connectivity index (χ2n) is 31.5. The number of carboxylic acid groups (broad SMARTS) is 16. The number of rotatable bonds is 49. The smallest absolute Gasteiger partial charge is 0.410 e. The maximum absolute atomic E-state index is 13.2. The molecule has 56 heteroatoms. The molecule has 2 aliphatic carbocycles. The number of thioether (sulfide) groups is 1. The van der Waals surface area contributed by atoms with Crippen LogP contribution in [-0.2, 0) is 92.5 Å². The Hall–Kier alpha value is -11.1. The van der Waals surface area contributed by atoms with Crippen LogP contribution in [-0.4, -0.2) is 338 Å². The van der Waals surface area contributed by atoms with Crippen LogP contribution >= 0.6 is 23.1 Å². The molecule has 16 N–H and O–H groups in total. The van der Waals surface area contributed by atoms with E-state index in [2.05, 4.69) is 6.92 Å². The molecule has 0 saturated carbocycles. The summed E-state index contributed by atoms with van der Waals surface area (Å²) in [5.74, 6) is -93.9. The second kappa shape index (κ2) is 69.8. The number of carbonyl (C=O) groups is 16. The van der Waals surface area contributed by atoms with Gasteiger partial charge in [0.2, 0.25) is 0 Å². The van der Waals surface area contributed by atoms with Crippen molar-refractivity contribution in [3.8, 4) is 0 Å². The molecule has 3 aliphatic rings. The highest BCUT2D eigenvalue weighted by Gasteiger charge is 2.96. The second-order valence-corrected chi connectivity index (χ2v) is 33.5. The summed E-state index contributed by atoms with van der Waals surface area (Å²) in [5, 5.41) is 139. The fraction of sp³-hybridized carbons (Fsp3) is 0.655. The summed E-state index contributed by atoms with van der Waals surface area (Å²) in [4.78, 5) is 171. The van der Waals surface area contributed by atoms with Gasteiger partial charge in [-0.05, 0) is 43.6 Å². The summed E-state index contributed by atoms with van der Waals surface area (Å²) in [6, 6.07) is 8.70. The molecule has 4 unspecified atom stereocenters. The summed E-state index contributed by atoms with van der Waals surface area (Å²) in [6.45, 7) is 9.11. The zero-order valence-electron chi connectivity index (χ0n) is 77.3. The van der Waals surface area contributed by atoms with Crippen molar-refractivity contribution in [1.82, 2.24) is 9.80 Å². The van der Waals surface area contributed by atoms with Crippen LogP contribution in [0.4, 0.5) is 70.2 Å². The monoisotopic (exact) mass is 2140 g/mol. The SMILES string of the molecule is CC1C=CCC(C(=O)O)C1C(=O)O.CCCCCCCCCCCCCCCCCCC(CC(=O)O)C(=O)O.O=C(O)C(Cc1ccccc1)C(=O)O.O=C(O)C(F)(F)C(F)(F)C(F)(F)C(F)(F)C(F)(F)C(F)(F)C(F)(F)C(F)(F)C(=O)O.O=C(O)CCSCCC(=O)O.O=C(O)CN1CCOCCOCCN(CC(=O)O)CCOCCOCC1.O=C(O)[C@H]1CC=CC[C@H]1C(=O)O.O=C(O)c1cscc1C(=O)O. The molecule has 0 radical (unpaired) electrons. The van der Waals surface area contributed by atoms with E-state index in [4.69, 9.17) is 101 Å². The fourth-order valence-corrected chi connectivity index (χ4v) is 14.2. The first-order valence-electron chi connectivity index (χ1n) is 43.7. The molecule has 0 amide bonds. The number of hydrogen-bond donors (Lipinski definition) is 16. The van der Waals surface area contributed by atoms with Gasteiger partial charge >= 0.3 is 143 Å². The van der Waals surface area contributed by atoms with E-state index in [-0.39, 0.29) is 55.8 Å². The van der Waals surface area contributed by atoms with Crippen molar-refractivity contribution >= 4 is 119 Å². The van der Waals surface area contributed by atoms with Crippen LogP contribution in [0.5, 0.6) is 0 Å². The molecule has 1 aromatic heterocycles. The predicted octanol–water partition coefficient (Wildman–Crippen LogP) is 14.4. The van der Waals surface area contributed by atoms with Crippen molar-refractivity contribution in [1.29, 1.82) is 0 Å². The number of thiophene rings is 1. The first-order valence-corrected chi connectivity index (χ1v) is 45.8. The number of halogens is 16. The van der Waals surface area contributed by atoms with E-state index in [9.17, 15) is 147 Å². The lowest BCUT2D eigenvalue weighted by molar-refractivity contribution is -0.448. The summed E-state index contributed by atoms with van der Waals surface area (Å²) < 4.78 is 229. The highest BCUT2D eigenvalue weighted by molar-refractivity contribution is 7.99. The summed E-state index contributed by atoms with van der Waals surface area (Å²) in [5.41, 5.74) is 0.410. The molecule has 1 fully saturated rings. The van der Waals surface area contributed by atoms with Gasteiger partial charge in [-0.25, -0.2) is 19.2 Å². The number of alkyl halides is 16. The zero-order valence-corrected chi connectivity index (χ0v) is 78.9. The first-order chi connectivity index (χ1) is 66.3. The van der Waals surface area contributed by atoms with Gasteiger partial charge in [0.25, 0.3) is 0 Å². The molecule has 1 aromatic carbocycles. The van der Waals surface area contributed by atoms with E-state index in [1.54, 1.807) is 71.4 Å². The summed E-state index contributed by atoms with van der Waals surface area (Å²) in [7, 11) is 0. The van der Waals surface area contributed by atoms with Gasteiger partial charge in [0.1, 0.15) is 0 Å². The lowest BCUT2D eigenvalue weighted by Gasteiger charge is -2.42. The quantitative estimate of drug-likeness (QED) is 0.0127. The molecule has 818 valence electrons. The van der Waals surface area contributed by atoms with Crippen molar-refractivity contribution in [3.63, 3.8) is 0 Å². The molecular weight excluding hydrogens is 2020 g/mol. The Morgan fingerprint density at radius 3 is 0.965 bits per heavy atom. The van der Waals surface area contributed by atoms with Crippen LogP contribution < -0.4 is 0 Å². The van der Waals surface area contributed by atoms with Gasteiger partial charge in [-0.3, -0.25) is 67.3 Å². The number of allylic oxidation sites excluding steroid dienone is 4. The van der Waals surface area contributed by atoms with E-state index in [1.165, 1.54) is 106 Å². The van der Waals surface area contributed by atoms with Crippen LogP contribution in [0, 0.1) is 41.4 Å². The molecule has 1 saturated heterocycles. The minimum Gasteiger partial charge on any atom is -0.481 e. The number of nitrogens with zero attached hydrogens (tertiary/aromatic N) is 2. The molecule has 143 heavy (non-hydrogen) atoms. The summed E-state index contributed by atoms with van der Waals surface area (Å²) in [6.07, 6.45) is 29.0. The molecule has 5 rings (SSSR count). The molecule has 1 aliphatic heterocycles. The van der Waals surface area contributed by atoms with E-state index in [0.717, 1.165) is 30.6 Å². The Bertz CT molecular complexity index is 4110. The van der Waals surface area contributed by atoms with Crippen LogP contribution in [0.2, 0.25) is 0 Å². The Kier molecular flexibility index (Phi) is 66.4. The highest BCUT2D eigenvalue weighted by Crippen LogP contribution is 2.64. The number of aliphatic carboxylic acids is 14. The van der Waals surface area contributed by atoms with Crippen molar-refractivity contribution in [2.24, 2.45) is 41.4 Å². The van der Waals surface area contributed by atoms with Crippen LogP contribution in [0.25, 0.3) is 0 Å². The Labute approximate surface area is 815 Å². The van der Waals surface area contributed by atoms with E-state index in [1.807, 2.05) is 0 Å². The van der Waals surface area contributed by atoms with Gasteiger partial charge in [0.05, 0.1) is 126 Å². The number of carboxylic acids is 16. The maximum Gasteiger partial charge on any atom is 0.410 e. The largest absolute Gasteiger partial charge is 0.481 e. The van der Waals surface area contributed by atoms with Crippen molar-refractivity contribution < 1.29 is 248 Å². The lowest BCUT2D eigenvalue weighted by atomic mass is 9.77. The molecule has 2 heterocycles. The van der Waals surface area contributed by atoms with Gasteiger partial charge in [-0.1, -0.05) is 171 Å². The number of aromatic carboxylic acids is 2. The number of hydrogen-bond acceptors (Lipinski definition) is 24. The Morgan fingerprint density at radius 1 is 0.385 bits per heavy atom. The minimum absolute atomic E-state index is 0.0194. The van der Waals surface area contributed by atoms with Gasteiger partial charge < -0.3 is 101 Å². The van der Waals surface area contributed by atoms with E-state index in [0.29, 0.717) is 122 Å². The molecule has 0 spiro atoms. The zero-order chi connectivity index (χ0) is 110. The topological polar surface area (TPSA) is 640 Å². The maximum atomic E-state index is 13.2. The van der Waals surface area contributed by atoms with E-state index < -0.39 is 178 Å². The number of benzene rings is 1. The standard InChI is InChI=1S/C22H42O4.C16H30N2O8.C10H2F16O4.C10H10O4.C9H12O4.C8H10O4.C6H4O4S.C6H10O4S/c1-2-3-4-5-6-7-8-9-10-11-12-13-14-15-16-17-18-20(22(25)26)19-21(23)24;19-15(20)13-17-1-5-23-9-10-25-7-3-18(14-16(21)22)4-8-26-12-11-24-6-2-17;11-3(12,1(27)28)5(15,16)7(19,20)9(23,24)10(25,26)8(21,22)6(17,18)4(13,14)2(29)30;11-9(12)8(10(13)14)6-7-4-2-1-3-5-7;1-5-3-2-4-6(8(10)11)7(5)9(12)13;9-7(10)5-3-1-2-4-6(5)8(11)12;7-5(8)3-1-11-2-4(3)6(9)10;7-5(8)1-3-11-4-2-6(9)10/h20H,2-19H2,1H3,(H,23,24)(H,25,26);1-14H2,(H,19,20)(H,21,22);(H,27,28)(H,29,30);1-5,8H,6H2,(H,11,12)(H,13,14);2-3,5-7H,4H2,1H3,(H,10,11)(H,12,13);1-2,5-6H,3-4H2,(H,9,10)(H,11,12);1-2H,(H,7,8)(H,9,10);1-4H2,(H,7,8)(H,9,10)/t;;;;;5-,6+;;. The average molecular weight is 2140 g/mol. The van der Waals surface area contributed by atoms with Crippen molar-refractivity contribution in [2.45, 2.75) is 215 Å². The minimum atomic E-state index is -8.80. The third-order valence-electron chi connectivity index (χ3n) is 20.6. The predicted molar refractivity (Wildman–Crippen MR) is 469 cm³/mol. The number of unbranched alkanes of at least 4 members (excludes halogenated alkanes) is 15.